The zero-order valence-corrected chi connectivity index (χ0v) is 11.0. The van der Waals surface area contributed by atoms with E-state index in [1.54, 1.807) is 24.3 Å². The fourth-order valence-corrected chi connectivity index (χ4v) is 1.71. The molecule has 0 radical (unpaired) electrons. The Morgan fingerprint density at radius 1 is 1.17 bits per heavy atom. The van der Waals surface area contributed by atoms with Crippen LogP contribution in [0.25, 0.3) is 0 Å². The molecule has 0 spiro atoms. The van der Waals surface area contributed by atoms with Gasteiger partial charge in [0.25, 0.3) is 5.91 Å². The number of benzene rings is 1. The molecule has 2 aromatic rings. The number of carbonyl (C=O) groups excluding carboxylic acids is 1. The minimum Gasteiger partial charge on any atom is -0.307 e. The van der Waals surface area contributed by atoms with Crippen LogP contribution in [0.3, 0.4) is 0 Å². The Morgan fingerprint density at radius 3 is 2.61 bits per heavy atom. The molecule has 2 rings (SSSR count). The highest BCUT2D eigenvalue weighted by molar-refractivity contribution is 6.29. The van der Waals surface area contributed by atoms with Crippen molar-refractivity contribution >= 4 is 23.3 Å². The molecule has 1 heterocycles. The summed E-state index contributed by atoms with van der Waals surface area (Å²) in [6.07, 6.45) is 0. The van der Waals surface area contributed by atoms with Gasteiger partial charge in [-0.05, 0) is 49.2 Å². The lowest BCUT2D eigenvalue weighted by molar-refractivity contribution is 0.102. The zero-order chi connectivity index (χ0) is 13.1. The normalized spacial score (nSPS) is 10.2. The number of halogens is 1. The first-order valence-corrected chi connectivity index (χ1v) is 5.95. The zero-order valence-electron chi connectivity index (χ0n) is 10.2. The molecule has 0 fully saturated rings. The Bertz CT molecular complexity index is 596. The summed E-state index contributed by atoms with van der Waals surface area (Å²) in [6.45, 7) is 3.99. The number of nitrogens with one attached hydrogen (secondary N) is 1. The van der Waals surface area contributed by atoms with E-state index in [9.17, 15) is 4.79 Å². The molecule has 0 bridgehead atoms. The highest BCUT2D eigenvalue weighted by Gasteiger charge is 2.07. The third kappa shape index (κ3) is 2.87. The van der Waals surface area contributed by atoms with Gasteiger partial charge in [-0.15, -0.1) is 0 Å². The van der Waals surface area contributed by atoms with Gasteiger partial charge in [0.05, 0.1) is 0 Å². The molecule has 3 nitrogen and oxygen atoms in total. The Hall–Kier alpha value is -1.87. The molecule has 1 amide bonds. The first-order valence-electron chi connectivity index (χ1n) is 5.57. The van der Waals surface area contributed by atoms with E-state index >= 15 is 0 Å². The van der Waals surface area contributed by atoms with Crippen LogP contribution in [0.1, 0.15) is 21.5 Å². The molecule has 0 saturated heterocycles. The summed E-state index contributed by atoms with van der Waals surface area (Å²) in [4.78, 5) is 16.0. The van der Waals surface area contributed by atoms with Crippen molar-refractivity contribution in [3.8, 4) is 0 Å². The van der Waals surface area contributed by atoms with Crippen molar-refractivity contribution in [3.05, 3.63) is 58.2 Å². The molecule has 0 aliphatic rings. The molecular formula is C14H13ClN2O. The first kappa shape index (κ1) is 12.6. The van der Waals surface area contributed by atoms with E-state index in [2.05, 4.69) is 10.3 Å². The van der Waals surface area contributed by atoms with Crippen LogP contribution in [0.5, 0.6) is 0 Å². The molecular weight excluding hydrogens is 248 g/mol. The van der Waals surface area contributed by atoms with Crippen LogP contribution in [0.15, 0.2) is 36.4 Å². The molecule has 92 valence electrons. The van der Waals surface area contributed by atoms with Gasteiger partial charge in [-0.25, -0.2) is 4.98 Å². The van der Waals surface area contributed by atoms with E-state index in [0.29, 0.717) is 16.5 Å². The summed E-state index contributed by atoms with van der Waals surface area (Å²) in [5.74, 6) is 0.263. The standard InChI is InChI=1S/C14H13ClN2O/c1-9-6-7-11(8-10(9)2)14(18)17-13-5-3-4-12(15)16-13/h3-8H,1-2H3,(H,16,17,18). The number of pyridine rings is 1. The molecule has 0 atom stereocenters. The highest BCUT2D eigenvalue weighted by Crippen LogP contribution is 2.13. The highest BCUT2D eigenvalue weighted by atomic mass is 35.5. The third-order valence-electron chi connectivity index (χ3n) is 2.73. The monoisotopic (exact) mass is 260 g/mol. The molecule has 0 unspecified atom stereocenters. The summed E-state index contributed by atoms with van der Waals surface area (Å²) in [6, 6.07) is 10.7. The molecule has 1 aromatic heterocycles. The quantitative estimate of drug-likeness (QED) is 0.839. The molecule has 0 saturated carbocycles. The van der Waals surface area contributed by atoms with Crippen molar-refractivity contribution in [2.75, 3.05) is 5.32 Å². The lowest BCUT2D eigenvalue weighted by atomic mass is 10.1. The number of nitrogens with zero attached hydrogens (tertiary/aromatic N) is 1. The van der Waals surface area contributed by atoms with E-state index < -0.39 is 0 Å². The number of rotatable bonds is 2. The minimum absolute atomic E-state index is 0.187. The van der Waals surface area contributed by atoms with E-state index in [1.165, 1.54) is 0 Å². The molecule has 1 N–H and O–H groups in total. The van der Waals surface area contributed by atoms with E-state index in [0.717, 1.165) is 11.1 Å². The summed E-state index contributed by atoms with van der Waals surface area (Å²) in [5, 5.41) is 3.07. The Kier molecular flexibility index (Phi) is 3.63. The van der Waals surface area contributed by atoms with E-state index in [4.69, 9.17) is 11.6 Å². The maximum atomic E-state index is 12.0. The fraction of sp³-hybridized carbons (Fsp3) is 0.143. The summed E-state index contributed by atoms with van der Waals surface area (Å²) < 4.78 is 0. The van der Waals surface area contributed by atoms with Crippen LogP contribution in [0, 0.1) is 13.8 Å². The van der Waals surface area contributed by atoms with Crippen LogP contribution < -0.4 is 5.32 Å². The predicted molar refractivity (Wildman–Crippen MR) is 73.1 cm³/mol. The topological polar surface area (TPSA) is 42.0 Å². The number of hydrogen-bond acceptors (Lipinski definition) is 2. The molecule has 1 aromatic carbocycles. The average Bonchev–Trinajstić information content (AvgIpc) is 2.32. The lowest BCUT2D eigenvalue weighted by Gasteiger charge is -2.06. The van der Waals surface area contributed by atoms with Gasteiger partial charge in [-0.3, -0.25) is 4.79 Å². The average molecular weight is 261 g/mol. The third-order valence-corrected chi connectivity index (χ3v) is 2.94. The number of hydrogen-bond donors (Lipinski definition) is 1. The molecule has 4 heteroatoms. The maximum Gasteiger partial charge on any atom is 0.256 e. The number of amides is 1. The van der Waals surface area contributed by atoms with Crippen molar-refractivity contribution in [3.63, 3.8) is 0 Å². The number of carbonyl (C=O) groups is 1. The second-order valence-electron chi connectivity index (χ2n) is 4.10. The van der Waals surface area contributed by atoms with Crippen molar-refractivity contribution in [1.29, 1.82) is 0 Å². The summed E-state index contributed by atoms with van der Waals surface area (Å²) >= 11 is 5.76. The van der Waals surface area contributed by atoms with Crippen LogP contribution in [0.2, 0.25) is 5.15 Å². The van der Waals surface area contributed by atoms with Crippen LogP contribution in [-0.4, -0.2) is 10.9 Å². The maximum absolute atomic E-state index is 12.0. The van der Waals surface area contributed by atoms with Gasteiger partial charge in [0.15, 0.2) is 0 Å². The van der Waals surface area contributed by atoms with Gasteiger partial charge < -0.3 is 5.32 Å². The SMILES string of the molecule is Cc1ccc(C(=O)Nc2cccc(Cl)n2)cc1C. The number of aromatic nitrogens is 1. The fourth-order valence-electron chi connectivity index (χ4n) is 1.55. The van der Waals surface area contributed by atoms with Crippen LogP contribution in [0.4, 0.5) is 5.82 Å². The van der Waals surface area contributed by atoms with Crippen molar-refractivity contribution < 1.29 is 4.79 Å². The second-order valence-corrected chi connectivity index (χ2v) is 4.49. The van der Waals surface area contributed by atoms with Crippen LogP contribution >= 0.6 is 11.6 Å². The molecule has 0 aliphatic heterocycles. The first-order chi connectivity index (χ1) is 8.56. The van der Waals surface area contributed by atoms with E-state index in [-0.39, 0.29) is 5.91 Å². The van der Waals surface area contributed by atoms with E-state index in [1.807, 2.05) is 26.0 Å². The Balaban J connectivity index is 2.19. The Morgan fingerprint density at radius 2 is 1.94 bits per heavy atom. The van der Waals surface area contributed by atoms with Gasteiger partial charge in [0, 0.05) is 5.56 Å². The van der Waals surface area contributed by atoms with Gasteiger partial charge in [-0.1, -0.05) is 23.7 Å². The predicted octanol–water partition coefficient (Wildman–Crippen LogP) is 3.60. The van der Waals surface area contributed by atoms with Crippen molar-refractivity contribution in [1.82, 2.24) is 4.98 Å². The van der Waals surface area contributed by atoms with Crippen molar-refractivity contribution in [2.45, 2.75) is 13.8 Å². The second kappa shape index (κ2) is 5.19. The summed E-state index contributed by atoms with van der Waals surface area (Å²) in [7, 11) is 0. The van der Waals surface area contributed by atoms with Crippen LogP contribution in [-0.2, 0) is 0 Å². The minimum atomic E-state index is -0.187. The largest absolute Gasteiger partial charge is 0.307 e. The molecule has 18 heavy (non-hydrogen) atoms. The van der Waals surface area contributed by atoms with Crippen molar-refractivity contribution in [2.24, 2.45) is 0 Å². The lowest BCUT2D eigenvalue weighted by Crippen LogP contribution is -2.13. The number of aryl methyl sites for hydroxylation is 2. The number of anilines is 1. The smallest absolute Gasteiger partial charge is 0.256 e. The van der Waals surface area contributed by atoms with Gasteiger partial charge >= 0.3 is 0 Å². The Labute approximate surface area is 111 Å². The van der Waals surface area contributed by atoms with Gasteiger partial charge in [0.2, 0.25) is 0 Å². The molecule has 0 aliphatic carbocycles. The summed E-state index contributed by atoms with van der Waals surface area (Å²) in [5.41, 5.74) is 2.86. The van der Waals surface area contributed by atoms with Gasteiger partial charge in [-0.2, -0.15) is 0 Å². The van der Waals surface area contributed by atoms with Gasteiger partial charge in [0.1, 0.15) is 11.0 Å².